The standard InChI is InChI=1S/C14H21N/c1-2-3-4-5-6-7-8-9-10-11-12-13-14-15/h4-5,7-8,10-11H,2-3,6,9,12-13H2,1H3/b5-4+,8-7+,11-10+. The van der Waals surface area contributed by atoms with Gasteiger partial charge in [0.1, 0.15) is 0 Å². The summed E-state index contributed by atoms with van der Waals surface area (Å²) in [6, 6.07) is 2.12. The van der Waals surface area contributed by atoms with Gasteiger partial charge in [-0.2, -0.15) is 5.26 Å². The first-order chi connectivity index (χ1) is 7.41. The molecule has 82 valence electrons. The van der Waals surface area contributed by atoms with E-state index < -0.39 is 0 Å². The van der Waals surface area contributed by atoms with Crippen LogP contribution in [0.2, 0.25) is 0 Å². The van der Waals surface area contributed by atoms with Crippen molar-refractivity contribution in [1.29, 1.82) is 5.26 Å². The van der Waals surface area contributed by atoms with Crippen LogP contribution in [0, 0.1) is 11.3 Å². The monoisotopic (exact) mass is 203 g/mol. The third-order valence-corrected chi connectivity index (χ3v) is 1.92. The van der Waals surface area contributed by atoms with Crippen LogP contribution in [-0.4, -0.2) is 0 Å². The molecule has 1 nitrogen and oxygen atoms in total. The highest BCUT2D eigenvalue weighted by Gasteiger charge is 1.76. The Morgan fingerprint density at radius 1 is 0.867 bits per heavy atom. The molecule has 0 radical (unpaired) electrons. The molecule has 0 bridgehead atoms. The summed E-state index contributed by atoms with van der Waals surface area (Å²) in [6.45, 7) is 2.19. The molecule has 0 spiro atoms. The first-order valence-corrected chi connectivity index (χ1v) is 5.73. The molecular formula is C14H21N. The van der Waals surface area contributed by atoms with Crippen LogP contribution >= 0.6 is 0 Å². The Bertz CT molecular complexity index is 241. The number of hydrogen-bond donors (Lipinski definition) is 0. The van der Waals surface area contributed by atoms with Crippen molar-refractivity contribution in [2.45, 2.75) is 45.4 Å². The maximum Gasteiger partial charge on any atom is 0.0624 e. The third kappa shape index (κ3) is 12.7. The average molecular weight is 203 g/mol. The van der Waals surface area contributed by atoms with Crippen LogP contribution in [0.1, 0.15) is 45.4 Å². The molecule has 0 aromatic carbocycles. The normalized spacial score (nSPS) is 11.7. The third-order valence-electron chi connectivity index (χ3n) is 1.92. The number of unbranched alkanes of at least 4 members (excludes halogenated alkanes) is 2. The van der Waals surface area contributed by atoms with Gasteiger partial charge in [0.15, 0.2) is 0 Å². The van der Waals surface area contributed by atoms with Gasteiger partial charge in [0.25, 0.3) is 0 Å². The summed E-state index contributed by atoms with van der Waals surface area (Å²) in [5, 5.41) is 8.30. The van der Waals surface area contributed by atoms with E-state index in [1.54, 1.807) is 0 Å². The molecule has 0 aromatic rings. The minimum atomic E-state index is 0.625. The van der Waals surface area contributed by atoms with E-state index in [4.69, 9.17) is 5.26 Å². The van der Waals surface area contributed by atoms with Crippen molar-refractivity contribution in [2.24, 2.45) is 0 Å². The summed E-state index contributed by atoms with van der Waals surface area (Å²) in [6.07, 6.45) is 18.9. The smallest absolute Gasteiger partial charge is 0.0624 e. The number of nitrogens with zero attached hydrogens (tertiary/aromatic N) is 1. The van der Waals surface area contributed by atoms with Gasteiger partial charge in [-0.1, -0.05) is 49.8 Å². The summed E-state index contributed by atoms with van der Waals surface area (Å²) in [7, 11) is 0. The van der Waals surface area contributed by atoms with Crippen molar-refractivity contribution in [3.8, 4) is 6.07 Å². The molecule has 0 saturated carbocycles. The van der Waals surface area contributed by atoms with E-state index in [0.29, 0.717) is 6.42 Å². The van der Waals surface area contributed by atoms with E-state index in [-0.39, 0.29) is 0 Å². The number of allylic oxidation sites excluding steroid dienone is 6. The largest absolute Gasteiger partial charge is 0.198 e. The van der Waals surface area contributed by atoms with Crippen LogP contribution in [0.5, 0.6) is 0 Å². The van der Waals surface area contributed by atoms with Crippen molar-refractivity contribution in [1.82, 2.24) is 0 Å². The van der Waals surface area contributed by atoms with E-state index in [2.05, 4.69) is 49.4 Å². The predicted molar refractivity (Wildman–Crippen MR) is 66.4 cm³/mol. The summed E-state index contributed by atoms with van der Waals surface area (Å²) < 4.78 is 0. The van der Waals surface area contributed by atoms with Gasteiger partial charge in [-0.15, -0.1) is 0 Å². The number of nitriles is 1. The highest BCUT2D eigenvalue weighted by Crippen LogP contribution is 1.95. The molecule has 0 saturated heterocycles. The molecule has 0 rings (SSSR count). The van der Waals surface area contributed by atoms with Gasteiger partial charge in [0.05, 0.1) is 6.07 Å². The van der Waals surface area contributed by atoms with E-state index in [1.165, 1.54) is 12.8 Å². The van der Waals surface area contributed by atoms with Crippen molar-refractivity contribution in [3.63, 3.8) is 0 Å². The number of rotatable bonds is 8. The predicted octanol–water partition coefficient (Wildman–Crippen LogP) is 4.54. The van der Waals surface area contributed by atoms with Crippen LogP contribution in [0.3, 0.4) is 0 Å². The molecular weight excluding hydrogens is 182 g/mol. The van der Waals surface area contributed by atoms with Crippen molar-refractivity contribution < 1.29 is 0 Å². The fourth-order valence-electron chi connectivity index (χ4n) is 1.09. The molecule has 0 aromatic heterocycles. The Labute approximate surface area is 93.8 Å². The van der Waals surface area contributed by atoms with Gasteiger partial charge < -0.3 is 0 Å². The lowest BCUT2D eigenvalue weighted by atomic mass is 10.2. The summed E-state index contributed by atoms with van der Waals surface area (Å²) >= 11 is 0. The quantitative estimate of drug-likeness (QED) is 0.419. The molecule has 0 aliphatic carbocycles. The van der Waals surface area contributed by atoms with Crippen molar-refractivity contribution in [2.75, 3.05) is 0 Å². The van der Waals surface area contributed by atoms with Crippen LogP contribution in [-0.2, 0) is 0 Å². The minimum absolute atomic E-state index is 0.625. The highest BCUT2D eigenvalue weighted by molar-refractivity contribution is 4.97. The average Bonchev–Trinajstić information content (AvgIpc) is 2.26. The van der Waals surface area contributed by atoms with Gasteiger partial charge in [-0.25, -0.2) is 0 Å². The molecule has 0 fully saturated rings. The summed E-state index contributed by atoms with van der Waals surface area (Å²) in [5.41, 5.74) is 0. The molecule has 0 N–H and O–H groups in total. The molecule has 15 heavy (non-hydrogen) atoms. The van der Waals surface area contributed by atoms with Crippen LogP contribution in [0.4, 0.5) is 0 Å². The van der Waals surface area contributed by atoms with Crippen molar-refractivity contribution in [3.05, 3.63) is 36.5 Å². The van der Waals surface area contributed by atoms with E-state index in [1.807, 2.05) is 0 Å². The highest BCUT2D eigenvalue weighted by atomic mass is 14.2. The van der Waals surface area contributed by atoms with Gasteiger partial charge in [-0.05, 0) is 25.7 Å². The van der Waals surface area contributed by atoms with Gasteiger partial charge >= 0.3 is 0 Å². The number of hydrogen-bond acceptors (Lipinski definition) is 1. The summed E-state index contributed by atoms with van der Waals surface area (Å²) in [4.78, 5) is 0. The Morgan fingerprint density at radius 2 is 1.40 bits per heavy atom. The lowest BCUT2D eigenvalue weighted by molar-refractivity contribution is 0.954. The second-order valence-electron chi connectivity index (χ2n) is 3.37. The Morgan fingerprint density at radius 3 is 1.93 bits per heavy atom. The van der Waals surface area contributed by atoms with E-state index in [0.717, 1.165) is 19.3 Å². The molecule has 1 heteroatoms. The lowest BCUT2D eigenvalue weighted by Crippen LogP contribution is -1.65. The first-order valence-electron chi connectivity index (χ1n) is 5.73. The van der Waals surface area contributed by atoms with Crippen LogP contribution in [0.15, 0.2) is 36.5 Å². The summed E-state index contributed by atoms with van der Waals surface area (Å²) in [5.74, 6) is 0. The second-order valence-corrected chi connectivity index (χ2v) is 3.37. The van der Waals surface area contributed by atoms with Crippen LogP contribution in [0.25, 0.3) is 0 Å². The lowest BCUT2D eigenvalue weighted by Gasteiger charge is -1.85. The first kappa shape index (κ1) is 13.7. The molecule has 0 heterocycles. The van der Waals surface area contributed by atoms with Gasteiger partial charge in [-0.3, -0.25) is 0 Å². The zero-order valence-electron chi connectivity index (χ0n) is 9.65. The molecule has 0 aliphatic rings. The van der Waals surface area contributed by atoms with Gasteiger partial charge in [0, 0.05) is 6.42 Å². The maximum absolute atomic E-state index is 8.30. The fourth-order valence-corrected chi connectivity index (χ4v) is 1.09. The maximum atomic E-state index is 8.30. The SMILES string of the molecule is CCC/C=C/C/C=C/C/C=C/CCC#N. The molecule has 0 amide bonds. The van der Waals surface area contributed by atoms with Crippen LogP contribution < -0.4 is 0 Å². The Balaban J connectivity index is 3.31. The van der Waals surface area contributed by atoms with Gasteiger partial charge in [0.2, 0.25) is 0 Å². The van der Waals surface area contributed by atoms with Crippen molar-refractivity contribution >= 4 is 0 Å². The minimum Gasteiger partial charge on any atom is -0.198 e. The zero-order valence-corrected chi connectivity index (χ0v) is 9.65. The Hall–Kier alpha value is -1.29. The fraction of sp³-hybridized carbons (Fsp3) is 0.500. The topological polar surface area (TPSA) is 23.8 Å². The van der Waals surface area contributed by atoms with E-state index >= 15 is 0 Å². The molecule has 0 aliphatic heterocycles. The Kier molecular flexibility index (Phi) is 11.6. The zero-order chi connectivity index (χ0) is 11.2. The second kappa shape index (κ2) is 12.7. The van der Waals surface area contributed by atoms with E-state index in [9.17, 15) is 0 Å². The molecule has 0 atom stereocenters. The molecule has 0 unspecified atom stereocenters.